The highest BCUT2D eigenvalue weighted by Gasteiger charge is 2.46. The molecule has 1 aliphatic heterocycles. The van der Waals surface area contributed by atoms with Gasteiger partial charge in [-0.3, -0.25) is 19.5 Å². The van der Waals surface area contributed by atoms with Gasteiger partial charge in [-0.1, -0.05) is 19.1 Å². The summed E-state index contributed by atoms with van der Waals surface area (Å²) in [5.74, 6) is -2.65. The summed E-state index contributed by atoms with van der Waals surface area (Å²) in [6, 6.07) is 13.3. The Kier molecular flexibility index (Phi) is 5.85. The number of ketones is 1. The average molecular weight is 432 g/mol. The molecule has 0 saturated heterocycles. The number of carbonyl (C=O) groups is 3. The molecule has 1 amide bonds. The summed E-state index contributed by atoms with van der Waals surface area (Å²) in [6.07, 6.45) is 3.54. The van der Waals surface area contributed by atoms with Crippen molar-refractivity contribution >= 4 is 23.3 Å². The van der Waals surface area contributed by atoms with E-state index in [-0.39, 0.29) is 23.5 Å². The van der Waals surface area contributed by atoms with E-state index in [0.717, 1.165) is 0 Å². The van der Waals surface area contributed by atoms with Crippen molar-refractivity contribution in [3.8, 4) is 0 Å². The maximum absolute atomic E-state index is 13.1. The number of aromatic nitrogens is 1. The summed E-state index contributed by atoms with van der Waals surface area (Å²) in [6.45, 7) is 2.16. The number of ether oxygens (including phenoxy) is 1. The van der Waals surface area contributed by atoms with Crippen LogP contribution in [0, 0.1) is 0 Å². The number of benzene rings is 1. The van der Waals surface area contributed by atoms with Gasteiger partial charge in [0, 0.05) is 11.9 Å². The third-order valence-electron chi connectivity index (χ3n) is 4.96. The smallest absolute Gasteiger partial charge is 0.338 e. The van der Waals surface area contributed by atoms with Crippen molar-refractivity contribution in [1.29, 1.82) is 0 Å². The lowest BCUT2D eigenvalue weighted by molar-refractivity contribution is -0.117. The average Bonchev–Trinajstić information content (AvgIpc) is 3.45. The fourth-order valence-corrected chi connectivity index (χ4v) is 3.52. The first kappa shape index (κ1) is 21.0. The van der Waals surface area contributed by atoms with Crippen molar-refractivity contribution in [2.45, 2.75) is 19.4 Å². The number of furan rings is 1. The van der Waals surface area contributed by atoms with Crippen LogP contribution in [0.4, 0.5) is 5.69 Å². The molecule has 8 nitrogen and oxygen atoms in total. The Hall–Kier alpha value is -4.20. The van der Waals surface area contributed by atoms with E-state index in [2.05, 4.69) is 4.98 Å². The summed E-state index contributed by atoms with van der Waals surface area (Å²) in [4.78, 5) is 44.1. The summed E-state index contributed by atoms with van der Waals surface area (Å²) >= 11 is 0. The monoisotopic (exact) mass is 432 g/mol. The third-order valence-corrected chi connectivity index (χ3v) is 4.96. The number of anilines is 1. The number of rotatable bonds is 7. The van der Waals surface area contributed by atoms with Gasteiger partial charge in [0.15, 0.2) is 11.5 Å². The third kappa shape index (κ3) is 3.78. The molecule has 1 aromatic carbocycles. The normalized spacial score (nSPS) is 15.8. The molecule has 0 spiro atoms. The van der Waals surface area contributed by atoms with Crippen molar-refractivity contribution in [2.75, 3.05) is 11.5 Å². The second-order valence-electron chi connectivity index (χ2n) is 7.09. The quantitative estimate of drug-likeness (QED) is 0.443. The zero-order chi connectivity index (χ0) is 22.7. The molecule has 0 fully saturated rings. The van der Waals surface area contributed by atoms with Gasteiger partial charge in [0.2, 0.25) is 5.78 Å². The van der Waals surface area contributed by atoms with Crippen LogP contribution in [0.5, 0.6) is 0 Å². The molecule has 1 atom stereocenters. The Morgan fingerprint density at radius 3 is 2.69 bits per heavy atom. The molecule has 2 aromatic heterocycles. The summed E-state index contributed by atoms with van der Waals surface area (Å²) < 4.78 is 10.4. The van der Waals surface area contributed by atoms with E-state index in [1.165, 1.54) is 29.5 Å². The van der Waals surface area contributed by atoms with Gasteiger partial charge in [-0.15, -0.1) is 0 Å². The van der Waals surface area contributed by atoms with Gasteiger partial charge >= 0.3 is 5.97 Å². The predicted molar refractivity (Wildman–Crippen MR) is 114 cm³/mol. The highest BCUT2D eigenvalue weighted by Crippen LogP contribution is 2.41. The van der Waals surface area contributed by atoms with Gasteiger partial charge in [0.25, 0.3) is 5.91 Å². The zero-order valence-corrected chi connectivity index (χ0v) is 17.2. The van der Waals surface area contributed by atoms with Crippen molar-refractivity contribution in [3.05, 3.63) is 95.4 Å². The minimum absolute atomic E-state index is 0.0148. The molecule has 1 aliphatic rings. The lowest BCUT2D eigenvalue weighted by Gasteiger charge is -2.26. The van der Waals surface area contributed by atoms with Gasteiger partial charge in [-0.25, -0.2) is 4.79 Å². The van der Waals surface area contributed by atoms with Gasteiger partial charge in [0.05, 0.1) is 29.7 Å². The molecule has 32 heavy (non-hydrogen) atoms. The number of hydrogen-bond acceptors (Lipinski definition) is 7. The molecular formula is C24H20N2O6. The van der Waals surface area contributed by atoms with E-state index in [1.54, 1.807) is 42.5 Å². The topological polar surface area (TPSA) is 110 Å². The van der Waals surface area contributed by atoms with E-state index >= 15 is 0 Å². The summed E-state index contributed by atoms with van der Waals surface area (Å²) in [5.41, 5.74) is 0.778. The molecule has 3 aromatic rings. The van der Waals surface area contributed by atoms with E-state index in [4.69, 9.17) is 9.15 Å². The highest BCUT2D eigenvalue weighted by molar-refractivity contribution is 6.20. The summed E-state index contributed by atoms with van der Waals surface area (Å²) in [7, 11) is 0. The van der Waals surface area contributed by atoms with Crippen LogP contribution < -0.4 is 4.90 Å². The van der Waals surface area contributed by atoms with E-state index < -0.39 is 29.5 Å². The number of pyridine rings is 1. The molecule has 3 heterocycles. The van der Waals surface area contributed by atoms with Gasteiger partial charge in [-0.2, -0.15) is 0 Å². The standard InChI is InChI=1S/C24H20N2O6/c1-2-12-32-24(30)15-7-5-8-16(14-15)26-20(17-9-3-4-11-25-17)19(22(28)23(26)29)21(27)18-10-6-13-31-18/h3-11,13-14,20,28H,2,12H2,1H3. The minimum atomic E-state index is -1.01. The predicted octanol–water partition coefficient (Wildman–Crippen LogP) is 4.02. The lowest BCUT2D eigenvalue weighted by atomic mass is 9.98. The van der Waals surface area contributed by atoms with Crippen LogP contribution in [0.1, 0.15) is 46.0 Å². The number of esters is 1. The molecule has 0 radical (unpaired) electrons. The molecule has 1 unspecified atom stereocenters. The second-order valence-corrected chi connectivity index (χ2v) is 7.09. The van der Waals surface area contributed by atoms with Crippen LogP contribution in [0.15, 0.2) is 82.8 Å². The number of Topliss-reactive ketones (excluding diaryl/α,β-unsaturated/α-hetero) is 1. The van der Waals surface area contributed by atoms with E-state index in [0.29, 0.717) is 17.8 Å². The number of carbonyl (C=O) groups excluding carboxylic acids is 3. The fourth-order valence-electron chi connectivity index (χ4n) is 3.52. The van der Waals surface area contributed by atoms with E-state index in [9.17, 15) is 19.5 Å². The van der Waals surface area contributed by atoms with Crippen molar-refractivity contribution < 1.29 is 28.6 Å². The SMILES string of the molecule is CCCOC(=O)c1cccc(N2C(=O)C(O)=C(C(=O)c3ccco3)C2c2ccccn2)c1. The maximum Gasteiger partial charge on any atom is 0.338 e. The maximum atomic E-state index is 13.1. The summed E-state index contributed by atoms with van der Waals surface area (Å²) in [5, 5.41) is 10.7. The van der Waals surface area contributed by atoms with Crippen LogP contribution in [-0.2, 0) is 9.53 Å². The number of aliphatic hydroxyl groups excluding tert-OH is 1. The van der Waals surface area contributed by atoms with Gasteiger partial charge in [-0.05, 0) is 48.9 Å². The minimum Gasteiger partial charge on any atom is -0.503 e. The first-order valence-corrected chi connectivity index (χ1v) is 10.1. The Labute approximate surface area is 183 Å². The lowest BCUT2D eigenvalue weighted by Crippen LogP contribution is -2.31. The van der Waals surface area contributed by atoms with Crippen LogP contribution in [0.25, 0.3) is 0 Å². The fraction of sp³-hybridized carbons (Fsp3) is 0.167. The Morgan fingerprint density at radius 2 is 2.00 bits per heavy atom. The molecular weight excluding hydrogens is 412 g/mol. The number of aliphatic hydroxyl groups is 1. The Morgan fingerprint density at radius 1 is 1.16 bits per heavy atom. The molecule has 0 bridgehead atoms. The molecule has 0 saturated carbocycles. The molecule has 8 heteroatoms. The van der Waals surface area contributed by atoms with Crippen molar-refractivity contribution in [2.24, 2.45) is 0 Å². The second kappa shape index (κ2) is 8.89. The number of hydrogen-bond donors (Lipinski definition) is 1. The number of nitrogens with zero attached hydrogens (tertiary/aromatic N) is 2. The number of amides is 1. The van der Waals surface area contributed by atoms with E-state index in [1.807, 2.05) is 6.92 Å². The largest absolute Gasteiger partial charge is 0.503 e. The molecule has 0 aliphatic carbocycles. The highest BCUT2D eigenvalue weighted by atomic mass is 16.5. The Bertz CT molecular complexity index is 1180. The Balaban J connectivity index is 1.80. The van der Waals surface area contributed by atoms with Crippen molar-refractivity contribution in [1.82, 2.24) is 4.98 Å². The van der Waals surface area contributed by atoms with Crippen LogP contribution in [0.3, 0.4) is 0 Å². The van der Waals surface area contributed by atoms with Crippen LogP contribution >= 0.6 is 0 Å². The molecule has 1 N–H and O–H groups in total. The van der Waals surface area contributed by atoms with Gasteiger partial charge < -0.3 is 14.3 Å². The van der Waals surface area contributed by atoms with Gasteiger partial charge in [0.1, 0.15) is 6.04 Å². The molecule has 162 valence electrons. The zero-order valence-electron chi connectivity index (χ0n) is 17.2. The van der Waals surface area contributed by atoms with Crippen LogP contribution in [-0.4, -0.2) is 34.4 Å². The molecule has 4 rings (SSSR count). The van der Waals surface area contributed by atoms with Crippen LogP contribution in [0.2, 0.25) is 0 Å². The first-order valence-electron chi connectivity index (χ1n) is 10.1. The first-order chi connectivity index (χ1) is 15.5. The van der Waals surface area contributed by atoms with Crippen molar-refractivity contribution in [3.63, 3.8) is 0 Å².